The summed E-state index contributed by atoms with van der Waals surface area (Å²) in [5.74, 6) is 0.603. The average Bonchev–Trinajstić information content (AvgIpc) is 3.20. The van der Waals surface area contributed by atoms with Crippen LogP contribution in [-0.2, 0) is 26.7 Å². The van der Waals surface area contributed by atoms with Crippen molar-refractivity contribution in [3.8, 4) is 0 Å². The van der Waals surface area contributed by atoms with E-state index in [1.165, 1.54) is 5.56 Å². The molecule has 6 nitrogen and oxygen atoms in total. The highest BCUT2D eigenvalue weighted by atomic mass is 35.5. The van der Waals surface area contributed by atoms with Gasteiger partial charge in [-0.1, -0.05) is 23.7 Å². The molecule has 4 rings (SSSR count). The Hall–Kier alpha value is -2.15. The fourth-order valence-corrected chi connectivity index (χ4v) is 3.49. The van der Waals surface area contributed by atoms with E-state index < -0.39 is 6.10 Å². The lowest BCUT2D eigenvalue weighted by atomic mass is 10.2. The number of hydrogen-bond acceptors (Lipinski definition) is 4. The summed E-state index contributed by atoms with van der Waals surface area (Å²) in [6, 6.07) is 9.94. The van der Waals surface area contributed by atoms with Crippen LogP contribution in [0.25, 0.3) is 0 Å². The summed E-state index contributed by atoms with van der Waals surface area (Å²) in [7, 11) is 1.87. The second-order valence-electron chi connectivity index (χ2n) is 6.42. The molecule has 0 unspecified atom stereocenters. The van der Waals surface area contributed by atoms with Crippen LogP contribution in [-0.4, -0.2) is 35.9 Å². The molecule has 1 N–H and O–H groups in total. The number of fused-ring (bicyclic) bond motifs is 1. The van der Waals surface area contributed by atoms with E-state index in [2.05, 4.69) is 21.0 Å². The van der Waals surface area contributed by atoms with Gasteiger partial charge in [0.2, 0.25) is 0 Å². The van der Waals surface area contributed by atoms with E-state index in [4.69, 9.17) is 11.6 Å². The molecule has 1 aliphatic rings. The van der Waals surface area contributed by atoms with Crippen molar-refractivity contribution in [1.29, 1.82) is 0 Å². The van der Waals surface area contributed by atoms with Gasteiger partial charge in [0.1, 0.15) is 5.82 Å². The smallest absolute Gasteiger partial charge is 0.155 e. The number of nitrogens with zero attached hydrogens (tertiary/aromatic N) is 5. The van der Waals surface area contributed by atoms with Gasteiger partial charge in [0.25, 0.3) is 0 Å². The standard InChI is InChI=1S/C18H20ClN5O/c1-22-6-5-20-18(22)17(25)16-10-15-12-23(7-8-24(15)21-16)11-13-3-2-4-14(19)9-13/h2-6,9-10,17,25H,7-8,11-12H2,1H3/t17-/m0/s1. The van der Waals surface area contributed by atoms with E-state index in [0.29, 0.717) is 11.5 Å². The van der Waals surface area contributed by atoms with Gasteiger partial charge in [-0.3, -0.25) is 9.58 Å². The quantitative estimate of drug-likeness (QED) is 0.778. The van der Waals surface area contributed by atoms with Gasteiger partial charge < -0.3 is 9.67 Å². The number of aromatic nitrogens is 4. The van der Waals surface area contributed by atoms with Crippen LogP contribution < -0.4 is 0 Å². The normalized spacial score (nSPS) is 16.0. The average molecular weight is 358 g/mol. The summed E-state index contributed by atoms with van der Waals surface area (Å²) in [4.78, 5) is 6.58. The van der Waals surface area contributed by atoms with Gasteiger partial charge in [0.05, 0.1) is 17.9 Å². The highest BCUT2D eigenvalue weighted by molar-refractivity contribution is 6.30. The molecule has 25 heavy (non-hydrogen) atoms. The first-order valence-electron chi connectivity index (χ1n) is 8.29. The lowest BCUT2D eigenvalue weighted by molar-refractivity contribution is 0.194. The third-order valence-corrected chi connectivity index (χ3v) is 4.81. The number of aryl methyl sites for hydroxylation is 1. The van der Waals surface area contributed by atoms with E-state index in [1.807, 2.05) is 46.8 Å². The fraction of sp³-hybridized carbons (Fsp3) is 0.333. The Morgan fingerprint density at radius 2 is 2.16 bits per heavy atom. The Labute approximate surface area is 151 Å². The molecule has 0 radical (unpaired) electrons. The third kappa shape index (κ3) is 3.33. The van der Waals surface area contributed by atoms with Crippen LogP contribution in [0.2, 0.25) is 5.02 Å². The molecular formula is C18H20ClN5O. The minimum absolute atomic E-state index is 0.603. The number of imidazole rings is 1. The second kappa shape index (κ2) is 6.63. The Bertz CT molecular complexity index is 887. The van der Waals surface area contributed by atoms with Crippen LogP contribution in [0.4, 0.5) is 0 Å². The molecule has 0 saturated carbocycles. The molecule has 0 bridgehead atoms. The molecule has 0 fully saturated rings. The van der Waals surface area contributed by atoms with Crippen molar-refractivity contribution in [3.63, 3.8) is 0 Å². The van der Waals surface area contributed by atoms with Crippen LogP contribution >= 0.6 is 11.6 Å². The molecule has 1 aliphatic heterocycles. The van der Waals surface area contributed by atoms with Crippen LogP contribution in [0.3, 0.4) is 0 Å². The maximum Gasteiger partial charge on any atom is 0.155 e. The first-order chi connectivity index (χ1) is 12.1. The van der Waals surface area contributed by atoms with Gasteiger partial charge in [-0.05, 0) is 23.8 Å². The van der Waals surface area contributed by atoms with Crippen LogP contribution in [0.1, 0.15) is 28.9 Å². The number of halogens is 1. The number of rotatable bonds is 4. The van der Waals surface area contributed by atoms with Crippen molar-refractivity contribution in [2.75, 3.05) is 6.54 Å². The topological polar surface area (TPSA) is 59.1 Å². The first kappa shape index (κ1) is 16.3. The largest absolute Gasteiger partial charge is 0.379 e. The number of benzene rings is 1. The zero-order valence-electron chi connectivity index (χ0n) is 14.0. The van der Waals surface area contributed by atoms with Gasteiger partial charge in [-0.15, -0.1) is 0 Å². The number of aliphatic hydroxyl groups excluding tert-OH is 1. The lowest BCUT2D eigenvalue weighted by Crippen LogP contribution is -2.33. The van der Waals surface area contributed by atoms with Crippen molar-refractivity contribution in [3.05, 3.63) is 70.5 Å². The van der Waals surface area contributed by atoms with E-state index in [-0.39, 0.29) is 0 Å². The van der Waals surface area contributed by atoms with Crippen molar-refractivity contribution in [2.45, 2.75) is 25.7 Å². The van der Waals surface area contributed by atoms with E-state index in [0.717, 1.165) is 36.9 Å². The molecule has 3 heterocycles. The molecule has 1 atom stereocenters. The highest BCUT2D eigenvalue weighted by Gasteiger charge is 2.23. The predicted molar refractivity (Wildman–Crippen MR) is 95.1 cm³/mol. The van der Waals surface area contributed by atoms with Crippen molar-refractivity contribution in [2.24, 2.45) is 7.05 Å². The summed E-state index contributed by atoms with van der Waals surface area (Å²) in [5, 5.41) is 15.9. The Kier molecular flexibility index (Phi) is 4.33. The summed E-state index contributed by atoms with van der Waals surface area (Å²) in [6.07, 6.45) is 2.70. The van der Waals surface area contributed by atoms with Crippen molar-refractivity contribution in [1.82, 2.24) is 24.2 Å². The van der Waals surface area contributed by atoms with Gasteiger partial charge in [0, 0.05) is 44.1 Å². The molecular weight excluding hydrogens is 338 g/mol. The summed E-state index contributed by atoms with van der Waals surface area (Å²) in [5.41, 5.74) is 2.96. The van der Waals surface area contributed by atoms with E-state index in [9.17, 15) is 5.11 Å². The summed E-state index contributed by atoms with van der Waals surface area (Å²) >= 11 is 6.08. The minimum Gasteiger partial charge on any atom is -0.379 e. The van der Waals surface area contributed by atoms with Gasteiger partial charge >= 0.3 is 0 Å². The van der Waals surface area contributed by atoms with Crippen molar-refractivity contribution < 1.29 is 5.11 Å². The Morgan fingerprint density at radius 3 is 2.92 bits per heavy atom. The fourth-order valence-electron chi connectivity index (χ4n) is 3.28. The number of aliphatic hydroxyl groups is 1. The highest BCUT2D eigenvalue weighted by Crippen LogP contribution is 2.23. The first-order valence-corrected chi connectivity index (χ1v) is 8.66. The molecule has 2 aromatic heterocycles. The SMILES string of the molecule is Cn1ccnc1[C@@H](O)c1cc2n(n1)CCN(Cc1cccc(Cl)c1)C2. The molecule has 0 spiro atoms. The summed E-state index contributed by atoms with van der Waals surface area (Å²) in [6.45, 7) is 3.37. The Morgan fingerprint density at radius 1 is 1.28 bits per heavy atom. The molecule has 7 heteroatoms. The molecule has 1 aromatic carbocycles. The maximum absolute atomic E-state index is 10.6. The monoisotopic (exact) mass is 357 g/mol. The van der Waals surface area contributed by atoms with E-state index >= 15 is 0 Å². The van der Waals surface area contributed by atoms with Gasteiger partial charge in [-0.2, -0.15) is 5.10 Å². The Balaban J connectivity index is 1.50. The second-order valence-corrected chi connectivity index (χ2v) is 6.86. The third-order valence-electron chi connectivity index (χ3n) is 4.57. The molecule has 3 aromatic rings. The molecule has 130 valence electrons. The molecule has 0 aliphatic carbocycles. The van der Waals surface area contributed by atoms with E-state index in [1.54, 1.807) is 6.20 Å². The van der Waals surface area contributed by atoms with Crippen LogP contribution in [0.15, 0.2) is 42.7 Å². The zero-order chi connectivity index (χ0) is 17.4. The van der Waals surface area contributed by atoms with Gasteiger partial charge in [-0.25, -0.2) is 4.98 Å². The summed E-state index contributed by atoms with van der Waals surface area (Å²) < 4.78 is 3.80. The molecule has 0 saturated heterocycles. The maximum atomic E-state index is 10.6. The number of hydrogen-bond donors (Lipinski definition) is 1. The van der Waals surface area contributed by atoms with Crippen LogP contribution in [0, 0.1) is 0 Å². The zero-order valence-corrected chi connectivity index (χ0v) is 14.8. The predicted octanol–water partition coefficient (Wildman–Crippen LogP) is 2.37. The van der Waals surface area contributed by atoms with Crippen LogP contribution in [0.5, 0.6) is 0 Å². The lowest BCUT2D eigenvalue weighted by Gasteiger charge is -2.27. The van der Waals surface area contributed by atoms with Gasteiger partial charge in [0.15, 0.2) is 6.10 Å². The minimum atomic E-state index is -0.806. The molecule has 0 amide bonds. The van der Waals surface area contributed by atoms with Crippen molar-refractivity contribution >= 4 is 11.6 Å².